The minimum Gasteiger partial charge on any atom is -0.378 e. The van der Waals surface area contributed by atoms with E-state index in [0.29, 0.717) is 5.95 Å². The number of anilines is 5. The molecule has 4 rings (SSSR count). The van der Waals surface area contributed by atoms with Gasteiger partial charge in [0.25, 0.3) is 0 Å². The second-order valence-corrected chi connectivity index (χ2v) is 7.10. The van der Waals surface area contributed by atoms with Gasteiger partial charge in [-0.25, -0.2) is 4.98 Å². The second kappa shape index (κ2) is 8.92. The minimum atomic E-state index is 0.595. The van der Waals surface area contributed by atoms with Crippen molar-refractivity contribution in [2.24, 2.45) is 0 Å². The Kier molecular flexibility index (Phi) is 5.91. The Morgan fingerprint density at radius 2 is 1.66 bits per heavy atom. The van der Waals surface area contributed by atoms with E-state index in [0.717, 1.165) is 61.3 Å². The molecule has 1 aliphatic rings. The van der Waals surface area contributed by atoms with Gasteiger partial charge in [0.05, 0.1) is 24.6 Å². The third-order valence-electron chi connectivity index (χ3n) is 5.02. The van der Waals surface area contributed by atoms with Gasteiger partial charge in [0.15, 0.2) is 0 Å². The summed E-state index contributed by atoms with van der Waals surface area (Å²) in [6.07, 6.45) is 0.951. The van der Waals surface area contributed by atoms with Crippen molar-refractivity contribution >= 4 is 28.8 Å². The lowest BCUT2D eigenvalue weighted by Gasteiger charge is -2.30. The van der Waals surface area contributed by atoms with Gasteiger partial charge in [0.2, 0.25) is 5.95 Å². The van der Waals surface area contributed by atoms with Gasteiger partial charge in [-0.3, -0.25) is 0 Å². The predicted molar refractivity (Wildman–Crippen MR) is 119 cm³/mol. The van der Waals surface area contributed by atoms with Gasteiger partial charge in [-0.1, -0.05) is 37.3 Å². The number of rotatable bonds is 6. The first-order valence-electron chi connectivity index (χ1n) is 10.1. The molecule has 0 aliphatic carbocycles. The SMILES string of the molecule is CCc1ccccc1Nc1nc(C)cc(Nc2ccccc2N2CCOCC2)n1. The van der Waals surface area contributed by atoms with Crippen LogP contribution in [0.25, 0.3) is 0 Å². The topological polar surface area (TPSA) is 62.3 Å². The summed E-state index contributed by atoms with van der Waals surface area (Å²) in [6.45, 7) is 7.42. The van der Waals surface area contributed by atoms with Crippen LogP contribution in [0.15, 0.2) is 54.6 Å². The van der Waals surface area contributed by atoms with Crippen molar-refractivity contribution in [1.82, 2.24) is 9.97 Å². The molecule has 0 amide bonds. The van der Waals surface area contributed by atoms with Crippen molar-refractivity contribution in [3.63, 3.8) is 0 Å². The number of nitrogens with zero attached hydrogens (tertiary/aromatic N) is 3. The maximum absolute atomic E-state index is 5.50. The zero-order valence-electron chi connectivity index (χ0n) is 17.0. The Hall–Kier alpha value is -3.12. The molecule has 3 aromatic rings. The minimum absolute atomic E-state index is 0.595. The lowest BCUT2D eigenvalue weighted by Crippen LogP contribution is -2.36. The largest absolute Gasteiger partial charge is 0.378 e. The number of para-hydroxylation sites is 3. The molecule has 0 saturated carbocycles. The number of hydrogen-bond donors (Lipinski definition) is 2. The van der Waals surface area contributed by atoms with Crippen molar-refractivity contribution in [3.05, 3.63) is 65.9 Å². The van der Waals surface area contributed by atoms with Gasteiger partial charge in [-0.2, -0.15) is 4.98 Å². The molecule has 2 heterocycles. The van der Waals surface area contributed by atoms with Crippen LogP contribution in [0.5, 0.6) is 0 Å². The molecule has 0 spiro atoms. The molecule has 2 N–H and O–H groups in total. The fourth-order valence-corrected chi connectivity index (χ4v) is 3.56. The van der Waals surface area contributed by atoms with E-state index in [1.165, 1.54) is 5.56 Å². The molecule has 1 saturated heterocycles. The number of hydrogen-bond acceptors (Lipinski definition) is 6. The molecular weight excluding hydrogens is 362 g/mol. The van der Waals surface area contributed by atoms with Crippen LogP contribution in [-0.4, -0.2) is 36.3 Å². The summed E-state index contributed by atoms with van der Waals surface area (Å²) in [5.41, 5.74) is 5.39. The molecule has 1 aromatic heterocycles. The Morgan fingerprint density at radius 1 is 0.931 bits per heavy atom. The number of benzene rings is 2. The highest BCUT2D eigenvalue weighted by molar-refractivity contribution is 5.75. The lowest BCUT2D eigenvalue weighted by molar-refractivity contribution is 0.123. The molecule has 0 radical (unpaired) electrons. The number of aryl methyl sites for hydroxylation is 2. The van der Waals surface area contributed by atoms with Gasteiger partial charge in [-0.15, -0.1) is 0 Å². The van der Waals surface area contributed by atoms with Crippen LogP contribution in [0, 0.1) is 6.92 Å². The normalized spacial score (nSPS) is 13.9. The first kappa shape index (κ1) is 19.2. The monoisotopic (exact) mass is 389 g/mol. The van der Waals surface area contributed by atoms with Gasteiger partial charge in [0, 0.05) is 30.5 Å². The van der Waals surface area contributed by atoms with Crippen molar-refractivity contribution in [3.8, 4) is 0 Å². The Labute approximate surface area is 172 Å². The van der Waals surface area contributed by atoms with E-state index in [1.807, 2.05) is 25.1 Å². The quantitative estimate of drug-likeness (QED) is 0.639. The molecule has 1 fully saturated rings. The van der Waals surface area contributed by atoms with E-state index in [4.69, 9.17) is 9.72 Å². The highest BCUT2D eigenvalue weighted by Crippen LogP contribution is 2.29. The van der Waals surface area contributed by atoms with Crippen molar-refractivity contribution in [2.75, 3.05) is 41.8 Å². The van der Waals surface area contributed by atoms with E-state index in [9.17, 15) is 0 Å². The zero-order chi connectivity index (χ0) is 20.1. The van der Waals surface area contributed by atoms with Crippen molar-refractivity contribution in [1.29, 1.82) is 0 Å². The number of morpholine rings is 1. The van der Waals surface area contributed by atoms with E-state index < -0.39 is 0 Å². The molecule has 150 valence electrons. The fraction of sp³-hybridized carbons (Fsp3) is 0.304. The zero-order valence-corrected chi connectivity index (χ0v) is 17.0. The molecule has 0 atom stereocenters. The first-order chi connectivity index (χ1) is 14.2. The summed E-state index contributed by atoms with van der Waals surface area (Å²) in [6, 6.07) is 18.5. The molecule has 0 bridgehead atoms. The smallest absolute Gasteiger partial charge is 0.229 e. The average molecular weight is 390 g/mol. The molecular formula is C23H27N5O. The first-order valence-corrected chi connectivity index (χ1v) is 10.1. The van der Waals surface area contributed by atoms with Gasteiger partial charge in [-0.05, 0) is 37.1 Å². The van der Waals surface area contributed by atoms with Crippen LogP contribution in [0.2, 0.25) is 0 Å². The van der Waals surface area contributed by atoms with Gasteiger partial charge < -0.3 is 20.3 Å². The van der Waals surface area contributed by atoms with Gasteiger partial charge >= 0.3 is 0 Å². The standard InChI is InChI=1S/C23H27N5O/c1-3-18-8-4-5-9-19(18)26-23-24-17(2)16-22(27-23)25-20-10-6-7-11-21(20)28-12-14-29-15-13-28/h4-11,16H,3,12-15H2,1-2H3,(H2,24,25,26,27). The summed E-state index contributed by atoms with van der Waals surface area (Å²) in [5.74, 6) is 1.37. The number of aromatic nitrogens is 2. The third kappa shape index (κ3) is 4.66. The van der Waals surface area contributed by atoms with E-state index in [-0.39, 0.29) is 0 Å². The van der Waals surface area contributed by atoms with E-state index >= 15 is 0 Å². The Morgan fingerprint density at radius 3 is 2.45 bits per heavy atom. The summed E-state index contributed by atoms with van der Waals surface area (Å²) in [5, 5.41) is 6.87. The number of nitrogens with one attached hydrogen (secondary N) is 2. The predicted octanol–water partition coefficient (Wildman–Crippen LogP) is 4.67. The molecule has 1 aliphatic heterocycles. The highest BCUT2D eigenvalue weighted by atomic mass is 16.5. The summed E-state index contributed by atoms with van der Waals surface area (Å²) in [7, 11) is 0. The van der Waals surface area contributed by atoms with Crippen LogP contribution in [0.3, 0.4) is 0 Å². The van der Waals surface area contributed by atoms with E-state index in [1.54, 1.807) is 0 Å². The van der Waals surface area contributed by atoms with Crippen LogP contribution in [-0.2, 0) is 11.2 Å². The molecule has 2 aromatic carbocycles. The van der Waals surface area contributed by atoms with Gasteiger partial charge in [0.1, 0.15) is 5.82 Å². The molecule has 6 nitrogen and oxygen atoms in total. The van der Waals surface area contributed by atoms with Crippen LogP contribution < -0.4 is 15.5 Å². The summed E-state index contributed by atoms with van der Waals surface area (Å²) in [4.78, 5) is 11.6. The molecule has 29 heavy (non-hydrogen) atoms. The average Bonchev–Trinajstić information content (AvgIpc) is 2.75. The Bertz CT molecular complexity index is 969. The third-order valence-corrected chi connectivity index (χ3v) is 5.02. The van der Waals surface area contributed by atoms with Crippen molar-refractivity contribution in [2.45, 2.75) is 20.3 Å². The highest BCUT2D eigenvalue weighted by Gasteiger charge is 2.15. The second-order valence-electron chi connectivity index (χ2n) is 7.10. The van der Waals surface area contributed by atoms with Crippen LogP contribution >= 0.6 is 0 Å². The van der Waals surface area contributed by atoms with Crippen LogP contribution in [0.1, 0.15) is 18.2 Å². The maximum atomic E-state index is 5.50. The van der Waals surface area contributed by atoms with E-state index in [2.05, 4.69) is 63.8 Å². The number of ether oxygens (including phenoxy) is 1. The van der Waals surface area contributed by atoms with Crippen molar-refractivity contribution < 1.29 is 4.74 Å². The fourth-order valence-electron chi connectivity index (χ4n) is 3.56. The Balaban J connectivity index is 1.59. The maximum Gasteiger partial charge on any atom is 0.229 e. The molecule has 0 unspecified atom stereocenters. The molecule has 6 heteroatoms. The van der Waals surface area contributed by atoms with Crippen LogP contribution in [0.4, 0.5) is 28.8 Å². The summed E-state index contributed by atoms with van der Waals surface area (Å²) < 4.78 is 5.50. The lowest BCUT2D eigenvalue weighted by atomic mass is 10.1. The summed E-state index contributed by atoms with van der Waals surface area (Å²) >= 11 is 0.